The highest BCUT2D eigenvalue weighted by Gasteiger charge is 2.62. The molecule has 2 heterocycles. The van der Waals surface area contributed by atoms with Gasteiger partial charge < -0.3 is 33.7 Å². The smallest absolute Gasteiger partial charge is 0.323 e. The molecule has 0 amide bonds. The van der Waals surface area contributed by atoms with Gasteiger partial charge in [-0.25, -0.2) is 0 Å². The molecule has 5 rings (SSSR count). The molecule has 1 aliphatic carbocycles. The van der Waals surface area contributed by atoms with Crippen molar-refractivity contribution in [2.75, 3.05) is 61.3 Å². The first-order valence-electron chi connectivity index (χ1n) is 16.1. The van der Waals surface area contributed by atoms with E-state index in [0.29, 0.717) is 35.8 Å². The first kappa shape index (κ1) is 32.9. The van der Waals surface area contributed by atoms with Crippen LogP contribution in [0.15, 0.2) is 24.3 Å². The minimum atomic E-state index is -1.44. The van der Waals surface area contributed by atoms with E-state index in [9.17, 15) is 9.59 Å². The van der Waals surface area contributed by atoms with Crippen LogP contribution in [0.25, 0.3) is 0 Å². The Morgan fingerprint density at radius 1 is 0.800 bits per heavy atom. The summed E-state index contributed by atoms with van der Waals surface area (Å²) in [6, 6.07) is 8.16. The van der Waals surface area contributed by atoms with E-state index in [2.05, 4.69) is 41.4 Å². The van der Waals surface area contributed by atoms with Gasteiger partial charge in [0.25, 0.3) is 0 Å². The van der Waals surface area contributed by atoms with Crippen molar-refractivity contribution in [2.24, 2.45) is 11.3 Å². The Hall–Kier alpha value is -3.50. The van der Waals surface area contributed by atoms with Crippen molar-refractivity contribution in [2.45, 2.75) is 64.5 Å². The molecule has 1 saturated carbocycles. The van der Waals surface area contributed by atoms with E-state index in [1.165, 1.54) is 11.1 Å². The Bertz CT molecular complexity index is 1390. The van der Waals surface area contributed by atoms with Crippen LogP contribution in [-0.4, -0.2) is 78.1 Å². The van der Waals surface area contributed by atoms with Crippen molar-refractivity contribution in [3.8, 4) is 23.0 Å². The zero-order valence-corrected chi connectivity index (χ0v) is 27.7. The number of ether oxygens (including phenoxy) is 6. The van der Waals surface area contributed by atoms with E-state index < -0.39 is 22.9 Å². The van der Waals surface area contributed by atoms with Crippen LogP contribution in [0.1, 0.15) is 68.3 Å². The molecule has 1 unspecified atom stereocenters. The lowest BCUT2D eigenvalue weighted by molar-refractivity contribution is -0.180. The molecule has 0 radical (unpaired) electrons. The number of methoxy groups -OCH3 is 4. The summed E-state index contributed by atoms with van der Waals surface area (Å²) in [4.78, 5) is 30.3. The number of rotatable bonds is 10. The molecular weight excluding hydrogens is 576 g/mol. The molecule has 10 nitrogen and oxygen atoms in total. The van der Waals surface area contributed by atoms with Crippen LogP contribution in [-0.2, 0) is 37.4 Å². The standard InChI is InChI=1S/C35H48N2O8/c1-8-37-16-12-22-17-27(40-4)29(42-6)19-24(22)31(37)26-21-34(32(38)44-9-2,33(39)45-10-3)13-14-35(26)25-20-30(43-7)28(41-5)18-23(25)11-15-36-35/h17-20,26,31,36H,8-16,21H2,1-7H3/t26-,31?,35+/m1/s1. The fourth-order valence-corrected chi connectivity index (χ4v) is 8.09. The van der Waals surface area contributed by atoms with Crippen LogP contribution in [0.5, 0.6) is 23.0 Å². The van der Waals surface area contributed by atoms with Gasteiger partial charge in [0.15, 0.2) is 28.4 Å². The summed E-state index contributed by atoms with van der Waals surface area (Å²) in [6.07, 6.45) is 2.72. The largest absolute Gasteiger partial charge is 0.493 e. The molecule has 45 heavy (non-hydrogen) atoms. The topological polar surface area (TPSA) is 105 Å². The molecule has 1 fully saturated rings. The summed E-state index contributed by atoms with van der Waals surface area (Å²) in [6.45, 7) is 8.41. The number of fused-ring (bicyclic) bond motifs is 3. The number of hydrogen-bond donors (Lipinski definition) is 1. The summed E-state index contributed by atoms with van der Waals surface area (Å²) < 4.78 is 34.3. The van der Waals surface area contributed by atoms with Crippen molar-refractivity contribution in [1.82, 2.24) is 10.2 Å². The molecule has 1 spiro atoms. The molecule has 2 aliphatic heterocycles. The predicted molar refractivity (Wildman–Crippen MR) is 169 cm³/mol. The third-order valence-corrected chi connectivity index (χ3v) is 10.2. The molecule has 3 aliphatic rings. The maximum Gasteiger partial charge on any atom is 0.323 e. The van der Waals surface area contributed by atoms with Crippen LogP contribution < -0.4 is 24.3 Å². The fourth-order valence-electron chi connectivity index (χ4n) is 8.09. The van der Waals surface area contributed by atoms with Gasteiger partial charge in [-0.15, -0.1) is 0 Å². The first-order chi connectivity index (χ1) is 21.8. The van der Waals surface area contributed by atoms with Crippen LogP contribution in [0, 0.1) is 11.3 Å². The Morgan fingerprint density at radius 3 is 1.96 bits per heavy atom. The maximum atomic E-state index is 13.9. The molecule has 0 saturated heterocycles. The normalized spacial score (nSPS) is 23.8. The molecular formula is C35H48N2O8. The summed E-state index contributed by atoms with van der Waals surface area (Å²) in [5.41, 5.74) is 2.54. The fraction of sp³-hybridized carbons (Fsp3) is 0.600. The first-order valence-corrected chi connectivity index (χ1v) is 16.1. The minimum absolute atomic E-state index is 0.159. The highest BCUT2D eigenvalue weighted by atomic mass is 16.6. The van der Waals surface area contributed by atoms with Crippen molar-refractivity contribution in [3.63, 3.8) is 0 Å². The lowest BCUT2D eigenvalue weighted by Crippen LogP contribution is -2.62. The number of esters is 2. The van der Waals surface area contributed by atoms with Crippen LogP contribution in [0.2, 0.25) is 0 Å². The predicted octanol–water partition coefficient (Wildman–Crippen LogP) is 4.59. The third kappa shape index (κ3) is 5.50. The maximum absolute atomic E-state index is 13.9. The summed E-state index contributed by atoms with van der Waals surface area (Å²) in [5.74, 6) is 1.39. The lowest BCUT2D eigenvalue weighted by atomic mass is 9.55. The van der Waals surface area contributed by atoms with E-state index in [1.807, 2.05) is 0 Å². The minimum Gasteiger partial charge on any atom is -0.493 e. The number of benzene rings is 2. The van der Waals surface area contributed by atoms with E-state index >= 15 is 0 Å². The van der Waals surface area contributed by atoms with Gasteiger partial charge in [0.1, 0.15) is 0 Å². The quantitative estimate of drug-likeness (QED) is 0.298. The zero-order chi connectivity index (χ0) is 32.4. The van der Waals surface area contributed by atoms with Gasteiger partial charge in [0.2, 0.25) is 0 Å². The van der Waals surface area contributed by atoms with Crippen LogP contribution in [0.4, 0.5) is 0 Å². The highest BCUT2D eigenvalue weighted by Crippen LogP contribution is 2.59. The molecule has 246 valence electrons. The average Bonchev–Trinajstić information content (AvgIpc) is 3.07. The van der Waals surface area contributed by atoms with Gasteiger partial charge in [-0.05, 0) is 99.0 Å². The molecule has 0 bridgehead atoms. The van der Waals surface area contributed by atoms with E-state index in [1.54, 1.807) is 42.3 Å². The zero-order valence-electron chi connectivity index (χ0n) is 27.7. The number of carbonyl (C=O) groups excluding carboxylic acids is 2. The Labute approximate surface area is 266 Å². The molecule has 0 aromatic heterocycles. The molecule has 1 N–H and O–H groups in total. The molecule has 10 heteroatoms. The summed E-state index contributed by atoms with van der Waals surface area (Å²) >= 11 is 0. The van der Waals surface area contributed by atoms with Crippen molar-refractivity contribution in [3.05, 3.63) is 46.5 Å². The Kier molecular flexibility index (Phi) is 9.84. The Balaban J connectivity index is 1.78. The summed E-state index contributed by atoms with van der Waals surface area (Å²) in [5, 5.41) is 3.95. The number of carbonyl (C=O) groups is 2. The van der Waals surface area contributed by atoms with Crippen LogP contribution >= 0.6 is 0 Å². The number of nitrogens with one attached hydrogen (secondary N) is 1. The van der Waals surface area contributed by atoms with E-state index in [4.69, 9.17) is 28.4 Å². The van der Waals surface area contributed by atoms with Crippen LogP contribution in [0.3, 0.4) is 0 Å². The van der Waals surface area contributed by atoms with E-state index in [0.717, 1.165) is 43.6 Å². The number of likely N-dealkylation sites (N-methyl/N-ethyl adjacent to an activating group) is 1. The van der Waals surface area contributed by atoms with Gasteiger partial charge in [-0.2, -0.15) is 0 Å². The Morgan fingerprint density at radius 2 is 1.38 bits per heavy atom. The number of hydrogen-bond acceptors (Lipinski definition) is 10. The molecule has 3 atom stereocenters. The van der Waals surface area contributed by atoms with Crippen molar-refractivity contribution < 1.29 is 38.0 Å². The second kappa shape index (κ2) is 13.5. The molecule has 2 aromatic rings. The highest BCUT2D eigenvalue weighted by molar-refractivity contribution is 6.00. The average molecular weight is 625 g/mol. The van der Waals surface area contributed by atoms with Crippen molar-refractivity contribution in [1.29, 1.82) is 0 Å². The summed E-state index contributed by atoms with van der Waals surface area (Å²) in [7, 11) is 6.59. The monoisotopic (exact) mass is 624 g/mol. The second-order valence-corrected chi connectivity index (χ2v) is 12.1. The third-order valence-electron chi connectivity index (χ3n) is 10.2. The molecule has 2 aromatic carbocycles. The van der Waals surface area contributed by atoms with Gasteiger partial charge in [-0.3, -0.25) is 14.5 Å². The lowest BCUT2D eigenvalue weighted by Gasteiger charge is -2.57. The second-order valence-electron chi connectivity index (χ2n) is 12.1. The van der Waals surface area contributed by atoms with E-state index in [-0.39, 0.29) is 31.6 Å². The van der Waals surface area contributed by atoms with Gasteiger partial charge in [0, 0.05) is 30.6 Å². The van der Waals surface area contributed by atoms with Gasteiger partial charge >= 0.3 is 11.9 Å². The number of nitrogens with zero attached hydrogens (tertiary/aromatic N) is 1. The van der Waals surface area contributed by atoms with Gasteiger partial charge in [-0.1, -0.05) is 6.92 Å². The van der Waals surface area contributed by atoms with Gasteiger partial charge in [0.05, 0.1) is 41.7 Å². The SMILES string of the molecule is CCOC(=O)C1(C(=O)OCC)CC[C@@]2(NCCc3cc(OC)c(OC)cc32)[C@@H](C2c3cc(OC)c(OC)cc3CCN2CC)C1. The van der Waals surface area contributed by atoms with Crippen molar-refractivity contribution >= 4 is 11.9 Å².